The van der Waals surface area contributed by atoms with Crippen molar-refractivity contribution in [2.45, 2.75) is 25.8 Å². The Balaban J connectivity index is 1.54. The van der Waals surface area contributed by atoms with Crippen molar-refractivity contribution >= 4 is 0 Å². The molecule has 0 atom stereocenters. The third kappa shape index (κ3) is 5.17. The van der Waals surface area contributed by atoms with Crippen LogP contribution in [-0.2, 0) is 17.7 Å². The minimum absolute atomic E-state index is 0.718. The van der Waals surface area contributed by atoms with Gasteiger partial charge in [0, 0.05) is 19.7 Å². The lowest BCUT2D eigenvalue weighted by molar-refractivity contribution is 0.126. The molecular formula is C15H24N2O. The number of ether oxygens (including phenoxy) is 1. The zero-order valence-electron chi connectivity index (χ0n) is 11.0. The van der Waals surface area contributed by atoms with Crippen molar-refractivity contribution in [3.05, 3.63) is 35.4 Å². The molecule has 1 saturated carbocycles. The predicted octanol–water partition coefficient (Wildman–Crippen LogP) is 1.70. The van der Waals surface area contributed by atoms with E-state index in [1.54, 1.807) is 0 Å². The Labute approximate surface area is 110 Å². The zero-order chi connectivity index (χ0) is 12.6. The van der Waals surface area contributed by atoms with Gasteiger partial charge in [-0.3, -0.25) is 0 Å². The summed E-state index contributed by atoms with van der Waals surface area (Å²) in [5.74, 6) is 0.861. The van der Waals surface area contributed by atoms with Crippen LogP contribution in [0.4, 0.5) is 0 Å². The lowest BCUT2D eigenvalue weighted by Crippen LogP contribution is -2.19. The average molecular weight is 248 g/mol. The number of hydrogen-bond donors (Lipinski definition) is 2. The molecule has 0 radical (unpaired) electrons. The van der Waals surface area contributed by atoms with Crippen molar-refractivity contribution in [1.82, 2.24) is 5.32 Å². The van der Waals surface area contributed by atoms with Crippen molar-refractivity contribution in [1.29, 1.82) is 0 Å². The highest BCUT2D eigenvalue weighted by Crippen LogP contribution is 2.28. The summed E-state index contributed by atoms with van der Waals surface area (Å²) in [5.41, 5.74) is 8.16. The van der Waals surface area contributed by atoms with E-state index in [2.05, 4.69) is 29.6 Å². The van der Waals surface area contributed by atoms with E-state index >= 15 is 0 Å². The minimum Gasteiger partial charge on any atom is -0.380 e. The summed E-state index contributed by atoms with van der Waals surface area (Å²) in [6.07, 6.45) is 3.69. The fourth-order valence-corrected chi connectivity index (χ4v) is 1.90. The number of benzene rings is 1. The van der Waals surface area contributed by atoms with E-state index in [-0.39, 0.29) is 0 Å². The van der Waals surface area contributed by atoms with E-state index < -0.39 is 0 Å². The molecule has 100 valence electrons. The lowest BCUT2D eigenvalue weighted by atomic mass is 10.1. The van der Waals surface area contributed by atoms with Crippen molar-refractivity contribution in [2.24, 2.45) is 11.7 Å². The molecule has 1 aliphatic rings. The molecular weight excluding hydrogens is 224 g/mol. The molecule has 18 heavy (non-hydrogen) atoms. The maximum absolute atomic E-state index is 5.57. The van der Waals surface area contributed by atoms with Crippen molar-refractivity contribution in [3.63, 3.8) is 0 Å². The summed E-state index contributed by atoms with van der Waals surface area (Å²) in [6, 6.07) is 8.66. The molecule has 3 nitrogen and oxygen atoms in total. The normalized spacial score (nSPS) is 14.9. The molecule has 3 heteroatoms. The quantitative estimate of drug-likeness (QED) is 0.654. The summed E-state index contributed by atoms with van der Waals surface area (Å²) in [7, 11) is 0. The van der Waals surface area contributed by atoms with E-state index in [1.165, 1.54) is 24.0 Å². The summed E-state index contributed by atoms with van der Waals surface area (Å²) in [6.45, 7) is 4.33. The van der Waals surface area contributed by atoms with Crippen LogP contribution in [0.15, 0.2) is 24.3 Å². The average Bonchev–Trinajstić information content (AvgIpc) is 3.20. The van der Waals surface area contributed by atoms with Crippen molar-refractivity contribution in [3.8, 4) is 0 Å². The van der Waals surface area contributed by atoms with Crippen LogP contribution in [0.3, 0.4) is 0 Å². The highest BCUT2D eigenvalue weighted by Gasteiger charge is 2.20. The first-order valence-electron chi connectivity index (χ1n) is 6.95. The van der Waals surface area contributed by atoms with Crippen LogP contribution < -0.4 is 11.1 Å². The van der Waals surface area contributed by atoms with Crippen LogP contribution in [0.5, 0.6) is 0 Å². The number of rotatable bonds is 9. The van der Waals surface area contributed by atoms with Crippen LogP contribution in [0, 0.1) is 5.92 Å². The summed E-state index contributed by atoms with van der Waals surface area (Å²) < 4.78 is 5.57. The second kappa shape index (κ2) is 7.52. The van der Waals surface area contributed by atoms with Gasteiger partial charge in [0.15, 0.2) is 0 Å². The maximum Gasteiger partial charge on any atom is 0.0591 e. The first-order chi connectivity index (χ1) is 8.88. The van der Waals surface area contributed by atoms with Gasteiger partial charge in [-0.2, -0.15) is 0 Å². The summed E-state index contributed by atoms with van der Waals surface area (Å²) in [5, 5.41) is 3.40. The zero-order valence-corrected chi connectivity index (χ0v) is 11.0. The lowest BCUT2D eigenvalue weighted by Gasteiger charge is -2.06. The molecule has 0 heterocycles. The third-order valence-corrected chi connectivity index (χ3v) is 3.26. The molecule has 0 aliphatic heterocycles. The van der Waals surface area contributed by atoms with E-state index in [4.69, 9.17) is 10.5 Å². The Kier molecular flexibility index (Phi) is 5.65. The fraction of sp³-hybridized carbons (Fsp3) is 0.600. The van der Waals surface area contributed by atoms with Crippen LogP contribution in [0.1, 0.15) is 24.0 Å². The Morgan fingerprint density at radius 3 is 2.56 bits per heavy atom. The van der Waals surface area contributed by atoms with Gasteiger partial charge < -0.3 is 15.8 Å². The van der Waals surface area contributed by atoms with Gasteiger partial charge in [-0.15, -0.1) is 0 Å². The first kappa shape index (κ1) is 13.5. The summed E-state index contributed by atoms with van der Waals surface area (Å²) >= 11 is 0. The molecule has 0 spiro atoms. The minimum atomic E-state index is 0.718. The molecule has 0 aromatic heterocycles. The van der Waals surface area contributed by atoms with Crippen LogP contribution in [-0.4, -0.2) is 26.3 Å². The van der Waals surface area contributed by atoms with Crippen LogP contribution in [0.25, 0.3) is 0 Å². The van der Waals surface area contributed by atoms with Crippen LogP contribution >= 0.6 is 0 Å². The molecule has 0 bridgehead atoms. The highest BCUT2D eigenvalue weighted by molar-refractivity contribution is 5.22. The number of hydrogen-bond acceptors (Lipinski definition) is 3. The number of nitrogens with two attached hydrogens (primary N) is 1. The maximum atomic E-state index is 5.57. The van der Waals surface area contributed by atoms with Gasteiger partial charge in [0.05, 0.1) is 6.61 Å². The van der Waals surface area contributed by atoms with Gasteiger partial charge >= 0.3 is 0 Å². The molecule has 1 aromatic rings. The summed E-state index contributed by atoms with van der Waals surface area (Å²) in [4.78, 5) is 0. The molecule has 0 unspecified atom stereocenters. The molecule has 2 rings (SSSR count). The van der Waals surface area contributed by atoms with Gasteiger partial charge in [-0.05, 0) is 42.9 Å². The Hall–Kier alpha value is -0.900. The topological polar surface area (TPSA) is 47.3 Å². The van der Waals surface area contributed by atoms with Gasteiger partial charge in [0.2, 0.25) is 0 Å². The Bertz CT molecular complexity index is 333. The Morgan fingerprint density at radius 2 is 1.89 bits per heavy atom. The largest absolute Gasteiger partial charge is 0.380 e. The highest BCUT2D eigenvalue weighted by atomic mass is 16.5. The van der Waals surface area contributed by atoms with E-state index in [0.717, 1.165) is 45.2 Å². The third-order valence-electron chi connectivity index (χ3n) is 3.26. The van der Waals surface area contributed by atoms with E-state index in [0.29, 0.717) is 0 Å². The second-order valence-electron chi connectivity index (χ2n) is 5.05. The van der Waals surface area contributed by atoms with Crippen molar-refractivity contribution in [2.75, 3.05) is 26.3 Å². The van der Waals surface area contributed by atoms with E-state index in [1.807, 2.05) is 0 Å². The van der Waals surface area contributed by atoms with Crippen LogP contribution in [0.2, 0.25) is 0 Å². The Morgan fingerprint density at radius 1 is 1.17 bits per heavy atom. The van der Waals surface area contributed by atoms with Gasteiger partial charge in [-0.1, -0.05) is 24.3 Å². The smallest absolute Gasteiger partial charge is 0.0591 e. The molecule has 0 saturated heterocycles. The molecule has 1 aromatic carbocycles. The monoisotopic (exact) mass is 248 g/mol. The standard InChI is InChI=1S/C15H24N2O/c16-8-7-13-1-3-14(4-2-13)11-17-9-10-18-12-15-5-6-15/h1-4,15,17H,5-12,16H2. The second-order valence-corrected chi connectivity index (χ2v) is 5.05. The molecule has 3 N–H and O–H groups in total. The number of nitrogens with one attached hydrogen (secondary N) is 1. The van der Waals surface area contributed by atoms with Gasteiger partial charge in [-0.25, -0.2) is 0 Å². The molecule has 0 amide bonds. The SMILES string of the molecule is NCCc1ccc(CNCCOCC2CC2)cc1. The fourth-order valence-electron chi connectivity index (χ4n) is 1.90. The molecule has 1 aliphatic carbocycles. The van der Waals surface area contributed by atoms with Crippen molar-refractivity contribution < 1.29 is 4.74 Å². The first-order valence-corrected chi connectivity index (χ1v) is 6.95. The van der Waals surface area contributed by atoms with E-state index in [9.17, 15) is 0 Å². The van der Waals surface area contributed by atoms with Gasteiger partial charge in [0.25, 0.3) is 0 Å². The molecule has 1 fully saturated rings. The van der Waals surface area contributed by atoms with Gasteiger partial charge in [0.1, 0.15) is 0 Å². The predicted molar refractivity (Wildman–Crippen MR) is 74.5 cm³/mol.